The van der Waals surface area contributed by atoms with Crippen LogP contribution in [0.1, 0.15) is 19.8 Å². The number of fused-ring (bicyclic) bond motifs is 1. The topological polar surface area (TPSA) is 59.6 Å². The molecule has 1 aromatic rings. The Balaban J connectivity index is 1.52. The number of carbonyl (C=O) groups excluding carboxylic acids is 1. The zero-order valence-corrected chi connectivity index (χ0v) is 12.3. The highest BCUT2D eigenvalue weighted by molar-refractivity contribution is 5.82. The number of hydrogen-bond acceptors (Lipinski definition) is 4. The molecule has 1 aromatic carbocycles. The lowest BCUT2D eigenvalue weighted by molar-refractivity contribution is -0.133. The van der Waals surface area contributed by atoms with Crippen molar-refractivity contribution in [1.82, 2.24) is 10.6 Å². The number of carbonyl (C=O) groups is 1. The van der Waals surface area contributed by atoms with Gasteiger partial charge in [-0.3, -0.25) is 4.79 Å². The van der Waals surface area contributed by atoms with Gasteiger partial charge in [-0.25, -0.2) is 0 Å². The lowest BCUT2D eigenvalue weighted by Gasteiger charge is -2.31. The van der Waals surface area contributed by atoms with Crippen LogP contribution in [0.4, 0.5) is 0 Å². The van der Waals surface area contributed by atoms with Crippen molar-refractivity contribution in [3.05, 3.63) is 24.3 Å². The van der Waals surface area contributed by atoms with Crippen LogP contribution in [-0.4, -0.2) is 37.7 Å². The van der Waals surface area contributed by atoms with Gasteiger partial charge < -0.3 is 20.1 Å². The second-order valence-electron chi connectivity index (χ2n) is 5.75. The van der Waals surface area contributed by atoms with E-state index in [-0.39, 0.29) is 12.0 Å². The van der Waals surface area contributed by atoms with E-state index in [4.69, 9.17) is 9.47 Å². The lowest BCUT2D eigenvalue weighted by Crippen LogP contribution is -2.49. The Kier molecular flexibility index (Phi) is 4.29. The Morgan fingerprint density at radius 2 is 2.10 bits per heavy atom. The number of benzene rings is 1. The van der Waals surface area contributed by atoms with Gasteiger partial charge in [0.05, 0.1) is 0 Å². The average molecular weight is 290 g/mol. The highest BCUT2D eigenvalue weighted by atomic mass is 16.6. The fourth-order valence-corrected chi connectivity index (χ4v) is 2.87. The van der Waals surface area contributed by atoms with Gasteiger partial charge in [0, 0.05) is 6.54 Å². The number of hydrogen-bond donors (Lipinski definition) is 2. The van der Waals surface area contributed by atoms with Crippen LogP contribution in [0.15, 0.2) is 24.3 Å². The summed E-state index contributed by atoms with van der Waals surface area (Å²) in [7, 11) is 0. The molecule has 0 saturated carbocycles. The van der Waals surface area contributed by atoms with E-state index in [1.165, 1.54) is 6.42 Å². The molecule has 1 amide bonds. The average Bonchev–Trinajstić information content (AvgIpc) is 2.99. The minimum absolute atomic E-state index is 0.0945. The highest BCUT2D eigenvalue weighted by Crippen LogP contribution is 2.33. The smallest absolute Gasteiger partial charge is 0.265 e. The van der Waals surface area contributed by atoms with Crippen LogP contribution in [-0.2, 0) is 4.79 Å². The summed E-state index contributed by atoms with van der Waals surface area (Å²) >= 11 is 0. The van der Waals surface area contributed by atoms with E-state index in [1.54, 1.807) is 0 Å². The molecule has 0 radical (unpaired) electrons. The van der Waals surface area contributed by atoms with Crippen LogP contribution < -0.4 is 20.1 Å². The molecule has 114 valence electrons. The summed E-state index contributed by atoms with van der Waals surface area (Å²) in [6, 6.07) is 7.45. The second-order valence-corrected chi connectivity index (χ2v) is 5.75. The van der Waals surface area contributed by atoms with E-state index in [1.807, 2.05) is 31.2 Å². The van der Waals surface area contributed by atoms with Crippen LogP contribution in [0.2, 0.25) is 0 Å². The van der Waals surface area contributed by atoms with Crippen LogP contribution in [0.5, 0.6) is 11.5 Å². The van der Waals surface area contributed by atoms with Crippen molar-refractivity contribution < 1.29 is 14.3 Å². The highest BCUT2D eigenvalue weighted by Gasteiger charge is 2.33. The van der Waals surface area contributed by atoms with Crippen molar-refractivity contribution in [2.45, 2.75) is 32.0 Å². The van der Waals surface area contributed by atoms with Gasteiger partial charge in [0.15, 0.2) is 11.5 Å². The number of nitrogens with one attached hydrogen (secondary N) is 2. The van der Waals surface area contributed by atoms with Gasteiger partial charge in [0.1, 0.15) is 6.10 Å². The first kappa shape index (κ1) is 14.2. The van der Waals surface area contributed by atoms with Gasteiger partial charge in [0.25, 0.3) is 5.91 Å². The molecule has 21 heavy (non-hydrogen) atoms. The molecule has 2 heterocycles. The molecule has 3 rings (SSSR count). The van der Waals surface area contributed by atoms with E-state index in [9.17, 15) is 4.79 Å². The maximum atomic E-state index is 12.3. The molecular formula is C16H22N2O3. The molecule has 0 bridgehead atoms. The summed E-state index contributed by atoms with van der Waals surface area (Å²) in [5, 5.41) is 6.30. The molecule has 3 unspecified atom stereocenters. The molecular weight excluding hydrogens is 268 g/mol. The molecule has 1 saturated heterocycles. The predicted octanol–water partition coefficient (Wildman–Crippen LogP) is 1.33. The van der Waals surface area contributed by atoms with E-state index in [0.29, 0.717) is 24.0 Å². The van der Waals surface area contributed by atoms with Gasteiger partial charge in [-0.15, -0.1) is 0 Å². The normalized spacial score (nSPS) is 27.4. The first-order chi connectivity index (χ1) is 10.2. The predicted molar refractivity (Wildman–Crippen MR) is 79.6 cm³/mol. The van der Waals surface area contributed by atoms with Crippen molar-refractivity contribution in [2.75, 3.05) is 19.6 Å². The Bertz CT molecular complexity index is 500. The third-order valence-electron chi connectivity index (χ3n) is 4.11. The molecule has 0 aliphatic carbocycles. The van der Waals surface area contributed by atoms with Crippen molar-refractivity contribution in [1.29, 1.82) is 0 Å². The van der Waals surface area contributed by atoms with Gasteiger partial charge in [-0.2, -0.15) is 0 Å². The van der Waals surface area contributed by atoms with Gasteiger partial charge in [0.2, 0.25) is 6.10 Å². The zero-order valence-electron chi connectivity index (χ0n) is 12.3. The maximum absolute atomic E-state index is 12.3. The van der Waals surface area contributed by atoms with E-state index < -0.39 is 6.10 Å². The van der Waals surface area contributed by atoms with Gasteiger partial charge in [-0.1, -0.05) is 12.1 Å². The summed E-state index contributed by atoms with van der Waals surface area (Å²) in [5.74, 6) is 1.91. The molecule has 2 aliphatic rings. The number of rotatable bonds is 4. The SMILES string of the molecule is CC1Oc2ccccc2OC1C(=O)NCCC1CCNC1. The first-order valence-electron chi connectivity index (χ1n) is 7.65. The van der Waals surface area contributed by atoms with Crippen molar-refractivity contribution in [3.8, 4) is 11.5 Å². The van der Waals surface area contributed by atoms with Crippen molar-refractivity contribution in [3.63, 3.8) is 0 Å². The van der Waals surface area contributed by atoms with Crippen molar-refractivity contribution >= 4 is 5.91 Å². The van der Waals surface area contributed by atoms with E-state index >= 15 is 0 Å². The summed E-state index contributed by atoms with van der Waals surface area (Å²) in [6.45, 7) is 4.70. The third kappa shape index (κ3) is 3.29. The van der Waals surface area contributed by atoms with Crippen LogP contribution in [0.25, 0.3) is 0 Å². The summed E-state index contributed by atoms with van der Waals surface area (Å²) in [6.07, 6.45) is 1.34. The van der Waals surface area contributed by atoms with E-state index in [2.05, 4.69) is 10.6 Å². The molecule has 0 spiro atoms. The first-order valence-corrected chi connectivity index (χ1v) is 7.65. The monoisotopic (exact) mass is 290 g/mol. The van der Waals surface area contributed by atoms with Crippen LogP contribution in [0, 0.1) is 5.92 Å². The zero-order chi connectivity index (χ0) is 14.7. The molecule has 0 aromatic heterocycles. The summed E-state index contributed by atoms with van der Waals surface area (Å²) < 4.78 is 11.5. The Morgan fingerprint density at radius 3 is 2.81 bits per heavy atom. The third-order valence-corrected chi connectivity index (χ3v) is 4.11. The standard InChI is InChI=1S/C16H22N2O3/c1-11-15(21-14-5-3-2-4-13(14)20-11)16(19)18-9-7-12-6-8-17-10-12/h2-5,11-12,15,17H,6-10H2,1H3,(H,18,19). The molecule has 5 nitrogen and oxygen atoms in total. The molecule has 2 aliphatic heterocycles. The van der Waals surface area contributed by atoms with Gasteiger partial charge >= 0.3 is 0 Å². The fraction of sp³-hybridized carbons (Fsp3) is 0.562. The second kappa shape index (κ2) is 6.35. The van der Waals surface area contributed by atoms with E-state index in [0.717, 1.165) is 19.5 Å². The summed E-state index contributed by atoms with van der Waals surface area (Å²) in [4.78, 5) is 12.3. The van der Waals surface area contributed by atoms with Crippen LogP contribution in [0.3, 0.4) is 0 Å². The number of ether oxygens (including phenoxy) is 2. The quantitative estimate of drug-likeness (QED) is 0.878. The molecule has 1 fully saturated rings. The number of amides is 1. The number of para-hydroxylation sites is 2. The maximum Gasteiger partial charge on any atom is 0.265 e. The van der Waals surface area contributed by atoms with Crippen LogP contribution >= 0.6 is 0 Å². The summed E-state index contributed by atoms with van der Waals surface area (Å²) in [5.41, 5.74) is 0. The molecule has 3 atom stereocenters. The Morgan fingerprint density at radius 1 is 1.33 bits per heavy atom. The Hall–Kier alpha value is -1.75. The largest absolute Gasteiger partial charge is 0.482 e. The minimum atomic E-state index is -0.582. The fourth-order valence-electron chi connectivity index (χ4n) is 2.87. The molecule has 5 heteroatoms. The van der Waals surface area contributed by atoms with Crippen molar-refractivity contribution in [2.24, 2.45) is 5.92 Å². The van der Waals surface area contributed by atoms with Gasteiger partial charge in [-0.05, 0) is 50.9 Å². The molecule has 2 N–H and O–H groups in total. The minimum Gasteiger partial charge on any atom is -0.482 e. The Labute approximate surface area is 125 Å². The lowest BCUT2D eigenvalue weighted by atomic mass is 10.1.